The number of hydrogen-bond donors (Lipinski definition) is 0. The van der Waals surface area contributed by atoms with Crippen LogP contribution in [0.2, 0.25) is 5.02 Å². The highest BCUT2D eigenvalue weighted by Gasteiger charge is 2.31. The van der Waals surface area contributed by atoms with Crippen molar-refractivity contribution in [2.24, 2.45) is 5.92 Å². The van der Waals surface area contributed by atoms with Gasteiger partial charge in [0.25, 0.3) is 0 Å². The molecule has 0 atom stereocenters. The number of piperidine rings is 1. The molecule has 8 heteroatoms. The smallest absolute Gasteiger partial charge is 0.225 e. The topological polar surface area (TPSA) is 52.6 Å². The minimum atomic E-state index is 0.118. The SMILES string of the molecule is O=C(C1CCN(c2nc(Cc3ccc(Cl)cc3)ns2)CC1)N1CCN(C/C=C/c2ccccc2)CC1. The van der Waals surface area contributed by atoms with E-state index >= 15 is 0 Å². The Morgan fingerprint density at radius 3 is 2.42 bits per heavy atom. The molecule has 0 aliphatic carbocycles. The molecule has 1 aromatic heterocycles. The van der Waals surface area contributed by atoms with E-state index < -0.39 is 0 Å². The summed E-state index contributed by atoms with van der Waals surface area (Å²) in [4.78, 5) is 24.7. The van der Waals surface area contributed by atoms with Crippen molar-refractivity contribution in [3.8, 4) is 0 Å². The van der Waals surface area contributed by atoms with Crippen molar-refractivity contribution in [3.63, 3.8) is 0 Å². The second kappa shape index (κ2) is 12.0. The molecule has 6 nitrogen and oxygen atoms in total. The Morgan fingerprint density at radius 2 is 1.69 bits per heavy atom. The fourth-order valence-electron chi connectivity index (χ4n) is 4.86. The van der Waals surface area contributed by atoms with Gasteiger partial charge in [0.15, 0.2) is 0 Å². The first-order valence-electron chi connectivity index (χ1n) is 12.7. The number of anilines is 1. The molecule has 2 aliphatic rings. The van der Waals surface area contributed by atoms with Crippen LogP contribution in [0.5, 0.6) is 0 Å². The Morgan fingerprint density at radius 1 is 0.972 bits per heavy atom. The first-order chi connectivity index (χ1) is 17.6. The Hall–Kier alpha value is -2.74. The highest BCUT2D eigenvalue weighted by atomic mass is 35.5. The van der Waals surface area contributed by atoms with Gasteiger partial charge in [0.05, 0.1) is 0 Å². The van der Waals surface area contributed by atoms with Gasteiger partial charge in [0, 0.05) is 74.7 Å². The van der Waals surface area contributed by atoms with Crippen molar-refractivity contribution >= 4 is 40.2 Å². The molecule has 188 valence electrons. The van der Waals surface area contributed by atoms with Crippen LogP contribution in [-0.4, -0.2) is 70.9 Å². The van der Waals surface area contributed by atoms with Gasteiger partial charge < -0.3 is 9.80 Å². The Labute approximate surface area is 222 Å². The summed E-state index contributed by atoms with van der Waals surface area (Å²) in [7, 11) is 0. The molecule has 3 heterocycles. The van der Waals surface area contributed by atoms with Crippen molar-refractivity contribution < 1.29 is 4.79 Å². The molecule has 0 unspecified atom stereocenters. The van der Waals surface area contributed by atoms with Gasteiger partial charge in [-0.05, 0) is 36.1 Å². The van der Waals surface area contributed by atoms with E-state index in [9.17, 15) is 4.79 Å². The number of nitrogens with zero attached hydrogens (tertiary/aromatic N) is 5. The fraction of sp³-hybridized carbons (Fsp3) is 0.393. The molecule has 2 aliphatic heterocycles. The average molecular weight is 522 g/mol. The third-order valence-electron chi connectivity index (χ3n) is 7.01. The van der Waals surface area contributed by atoms with Crippen LogP contribution in [0.15, 0.2) is 60.7 Å². The zero-order valence-electron chi connectivity index (χ0n) is 20.4. The molecule has 5 rings (SSSR count). The molecule has 2 aromatic carbocycles. The van der Waals surface area contributed by atoms with Crippen molar-refractivity contribution in [1.82, 2.24) is 19.2 Å². The normalized spacial score (nSPS) is 17.7. The maximum atomic E-state index is 13.2. The first-order valence-corrected chi connectivity index (χ1v) is 13.8. The van der Waals surface area contributed by atoms with Crippen LogP contribution in [0.4, 0.5) is 5.13 Å². The molecular formula is C28H32ClN5OS. The predicted octanol–water partition coefficient (Wildman–Crippen LogP) is 4.86. The number of hydrogen-bond acceptors (Lipinski definition) is 6. The molecule has 0 N–H and O–H groups in total. The predicted molar refractivity (Wildman–Crippen MR) is 148 cm³/mol. The number of piperazine rings is 1. The maximum absolute atomic E-state index is 13.2. The minimum Gasteiger partial charge on any atom is -0.347 e. The molecule has 1 amide bonds. The highest BCUT2D eigenvalue weighted by molar-refractivity contribution is 7.09. The molecular weight excluding hydrogens is 490 g/mol. The van der Waals surface area contributed by atoms with E-state index in [0.717, 1.165) is 80.2 Å². The van der Waals surface area contributed by atoms with Gasteiger partial charge in [-0.1, -0.05) is 66.2 Å². The van der Waals surface area contributed by atoms with E-state index in [1.807, 2.05) is 30.3 Å². The highest BCUT2D eigenvalue weighted by Crippen LogP contribution is 2.27. The molecule has 0 radical (unpaired) electrons. The summed E-state index contributed by atoms with van der Waals surface area (Å²) in [6.45, 7) is 6.16. The van der Waals surface area contributed by atoms with Gasteiger partial charge in [-0.25, -0.2) is 4.98 Å². The van der Waals surface area contributed by atoms with Gasteiger partial charge in [0.2, 0.25) is 11.0 Å². The number of rotatable bonds is 7. The summed E-state index contributed by atoms with van der Waals surface area (Å²) in [5, 5.41) is 1.70. The van der Waals surface area contributed by atoms with Crippen LogP contribution in [-0.2, 0) is 11.2 Å². The number of halogens is 1. The molecule has 2 saturated heterocycles. The number of amides is 1. The number of benzene rings is 2. The number of carbonyl (C=O) groups excluding carboxylic acids is 1. The molecule has 2 fully saturated rings. The van der Waals surface area contributed by atoms with Gasteiger partial charge in [-0.2, -0.15) is 4.37 Å². The van der Waals surface area contributed by atoms with E-state index in [1.165, 1.54) is 17.1 Å². The van der Waals surface area contributed by atoms with E-state index in [-0.39, 0.29) is 5.92 Å². The molecule has 0 bridgehead atoms. The quantitative estimate of drug-likeness (QED) is 0.444. The monoisotopic (exact) mass is 521 g/mol. The van der Waals surface area contributed by atoms with Crippen LogP contribution in [0.3, 0.4) is 0 Å². The second-order valence-corrected chi connectivity index (χ2v) is 10.7. The Bertz CT molecular complexity index is 1150. The summed E-state index contributed by atoms with van der Waals surface area (Å²) in [5.74, 6) is 1.29. The standard InChI is InChI=1S/C28H32ClN5OS/c29-25-10-8-23(9-11-25)21-26-30-28(36-31-26)34-15-12-24(13-16-34)27(35)33-19-17-32(18-20-33)14-4-7-22-5-2-1-3-6-22/h1-11,24H,12-21H2/b7-4+. The lowest BCUT2D eigenvalue weighted by molar-refractivity contribution is -0.137. The van der Waals surface area contributed by atoms with Gasteiger partial charge >= 0.3 is 0 Å². The largest absolute Gasteiger partial charge is 0.347 e. The summed E-state index contributed by atoms with van der Waals surface area (Å²) in [6, 6.07) is 18.2. The molecule has 0 spiro atoms. The van der Waals surface area contributed by atoms with Gasteiger partial charge in [-0.15, -0.1) is 0 Å². The Balaban J connectivity index is 1.05. The summed E-state index contributed by atoms with van der Waals surface area (Å²) in [6.07, 6.45) is 6.85. The second-order valence-electron chi connectivity index (χ2n) is 9.50. The average Bonchev–Trinajstić information content (AvgIpc) is 3.39. The zero-order chi connectivity index (χ0) is 24.7. The van der Waals surface area contributed by atoms with E-state index in [0.29, 0.717) is 12.3 Å². The maximum Gasteiger partial charge on any atom is 0.225 e. The van der Waals surface area contributed by atoms with Crippen LogP contribution >= 0.6 is 23.1 Å². The van der Waals surface area contributed by atoms with Crippen LogP contribution < -0.4 is 4.90 Å². The first kappa shape index (κ1) is 24.9. The number of carbonyl (C=O) groups is 1. The lowest BCUT2D eigenvalue weighted by Crippen LogP contribution is -2.51. The molecule has 0 saturated carbocycles. The van der Waals surface area contributed by atoms with Gasteiger partial charge in [0.1, 0.15) is 5.82 Å². The van der Waals surface area contributed by atoms with Crippen molar-refractivity contribution in [2.75, 3.05) is 50.7 Å². The van der Waals surface area contributed by atoms with Crippen molar-refractivity contribution in [1.29, 1.82) is 0 Å². The zero-order valence-corrected chi connectivity index (χ0v) is 22.0. The van der Waals surface area contributed by atoms with Crippen molar-refractivity contribution in [2.45, 2.75) is 19.3 Å². The third-order valence-corrected chi connectivity index (χ3v) is 8.07. The van der Waals surface area contributed by atoms with Gasteiger partial charge in [-0.3, -0.25) is 9.69 Å². The third kappa shape index (κ3) is 6.52. The lowest BCUT2D eigenvalue weighted by Gasteiger charge is -2.38. The van der Waals surface area contributed by atoms with Crippen LogP contribution in [0.1, 0.15) is 29.8 Å². The summed E-state index contributed by atoms with van der Waals surface area (Å²) >= 11 is 7.43. The summed E-state index contributed by atoms with van der Waals surface area (Å²) < 4.78 is 4.55. The minimum absolute atomic E-state index is 0.118. The molecule has 36 heavy (non-hydrogen) atoms. The summed E-state index contributed by atoms with van der Waals surface area (Å²) in [5.41, 5.74) is 2.38. The fourth-order valence-corrected chi connectivity index (χ4v) is 5.72. The number of aromatic nitrogens is 2. The molecule has 3 aromatic rings. The van der Waals surface area contributed by atoms with E-state index in [2.05, 4.69) is 55.5 Å². The van der Waals surface area contributed by atoms with Crippen LogP contribution in [0.25, 0.3) is 6.08 Å². The van der Waals surface area contributed by atoms with Crippen LogP contribution in [0, 0.1) is 5.92 Å². The van der Waals surface area contributed by atoms with E-state index in [1.54, 1.807) is 0 Å². The Kier molecular flexibility index (Phi) is 8.31. The van der Waals surface area contributed by atoms with E-state index in [4.69, 9.17) is 16.6 Å². The lowest BCUT2D eigenvalue weighted by atomic mass is 9.95. The van der Waals surface area contributed by atoms with Crippen molar-refractivity contribution in [3.05, 3.63) is 82.6 Å².